The van der Waals surface area contributed by atoms with Crippen molar-refractivity contribution < 1.29 is 0 Å². The summed E-state index contributed by atoms with van der Waals surface area (Å²) in [5.74, 6) is 0.554. The summed E-state index contributed by atoms with van der Waals surface area (Å²) >= 11 is 7.54. The summed E-state index contributed by atoms with van der Waals surface area (Å²) in [7, 11) is 0. The Labute approximate surface area is 133 Å². The number of aromatic amines is 1. The second kappa shape index (κ2) is 4.86. The lowest BCUT2D eigenvalue weighted by molar-refractivity contribution is 1.16. The molecule has 0 aliphatic heterocycles. The van der Waals surface area contributed by atoms with Crippen molar-refractivity contribution in [2.75, 3.05) is 0 Å². The molecule has 22 heavy (non-hydrogen) atoms. The third-order valence-electron chi connectivity index (χ3n) is 3.42. The van der Waals surface area contributed by atoms with Gasteiger partial charge in [-0.25, -0.2) is 15.0 Å². The Morgan fingerprint density at radius 3 is 2.86 bits per heavy atom. The number of H-pyrrole nitrogens is 1. The van der Waals surface area contributed by atoms with Gasteiger partial charge in [0.25, 0.3) is 5.56 Å². The number of benzene rings is 1. The highest BCUT2D eigenvalue weighted by Crippen LogP contribution is 2.33. The van der Waals surface area contributed by atoms with Crippen molar-refractivity contribution in [2.24, 2.45) is 0 Å². The maximum atomic E-state index is 11.9. The Kier molecular flexibility index (Phi) is 2.95. The Hall–Kier alpha value is -2.31. The highest BCUT2D eigenvalue weighted by Gasteiger charge is 2.16. The van der Waals surface area contributed by atoms with Gasteiger partial charge in [0, 0.05) is 5.56 Å². The van der Waals surface area contributed by atoms with E-state index < -0.39 is 0 Å². The zero-order valence-electron chi connectivity index (χ0n) is 11.4. The second-order valence-corrected chi connectivity index (χ2v) is 6.21. The molecule has 4 rings (SSSR count). The second-order valence-electron chi connectivity index (χ2n) is 4.80. The van der Waals surface area contributed by atoms with Gasteiger partial charge in [-0.15, -0.1) is 11.3 Å². The van der Waals surface area contributed by atoms with Crippen molar-refractivity contribution in [2.45, 2.75) is 6.92 Å². The predicted molar refractivity (Wildman–Crippen MR) is 88.5 cm³/mol. The number of aromatic nitrogens is 4. The van der Waals surface area contributed by atoms with E-state index in [0.29, 0.717) is 21.1 Å². The van der Waals surface area contributed by atoms with Gasteiger partial charge in [-0.3, -0.25) is 4.79 Å². The fraction of sp³-hybridized carbons (Fsp3) is 0.0667. The van der Waals surface area contributed by atoms with Crippen LogP contribution in [0.1, 0.15) is 5.69 Å². The average Bonchev–Trinajstić information content (AvgIpc) is 2.88. The van der Waals surface area contributed by atoms with E-state index in [-0.39, 0.29) is 5.56 Å². The van der Waals surface area contributed by atoms with Gasteiger partial charge in [-0.05, 0) is 19.1 Å². The maximum absolute atomic E-state index is 11.9. The van der Waals surface area contributed by atoms with Gasteiger partial charge in [-0.2, -0.15) is 0 Å². The summed E-state index contributed by atoms with van der Waals surface area (Å²) in [5, 5.41) is 1.42. The number of nitrogens with one attached hydrogen (secondary N) is 1. The lowest BCUT2D eigenvalue weighted by Crippen LogP contribution is -2.03. The third-order valence-corrected chi connectivity index (χ3v) is 4.82. The van der Waals surface area contributed by atoms with Gasteiger partial charge in [0.1, 0.15) is 9.53 Å². The smallest absolute Gasteiger partial charge is 0.268 e. The standard InChI is InChI=1S/C15H9ClN4OS/c1-7-10-11-12(14(21)18-6-17-11)22-15(10)20-13(19-7)8-4-2-3-5-9(8)16/h2-6H,1H3,(H,17,18,21). The summed E-state index contributed by atoms with van der Waals surface area (Å²) in [6.45, 7) is 1.89. The number of hydrogen-bond donors (Lipinski definition) is 1. The van der Waals surface area contributed by atoms with Crippen molar-refractivity contribution in [1.29, 1.82) is 0 Å². The molecule has 0 aliphatic carbocycles. The van der Waals surface area contributed by atoms with Crippen LogP contribution in [-0.2, 0) is 0 Å². The van der Waals surface area contributed by atoms with Crippen LogP contribution in [0.15, 0.2) is 35.4 Å². The SMILES string of the molecule is Cc1nc(-c2ccccc2Cl)nc2sc3c(=O)[nH]cnc3c12. The quantitative estimate of drug-likeness (QED) is 0.580. The van der Waals surface area contributed by atoms with Gasteiger partial charge < -0.3 is 4.98 Å². The number of halogens is 1. The van der Waals surface area contributed by atoms with Crippen molar-refractivity contribution >= 4 is 43.4 Å². The van der Waals surface area contributed by atoms with Crippen LogP contribution in [0.4, 0.5) is 0 Å². The van der Waals surface area contributed by atoms with Crippen LogP contribution in [0.25, 0.3) is 31.8 Å². The van der Waals surface area contributed by atoms with Crippen LogP contribution in [0.2, 0.25) is 5.02 Å². The van der Waals surface area contributed by atoms with E-state index in [1.807, 2.05) is 25.1 Å². The molecule has 0 atom stereocenters. The van der Waals surface area contributed by atoms with Gasteiger partial charge in [-0.1, -0.05) is 23.7 Å². The zero-order chi connectivity index (χ0) is 15.3. The average molecular weight is 329 g/mol. The van der Waals surface area contributed by atoms with Crippen LogP contribution in [-0.4, -0.2) is 19.9 Å². The summed E-state index contributed by atoms with van der Waals surface area (Å²) in [6.07, 6.45) is 1.40. The molecule has 0 saturated heterocycles. The van der Waals surface area contributed by atoms with E-state index in [4.69, 9.17) is 11.6 Å². The van der Waals surface area contributed by atoms with Crippen LogP contribution >= 0.6 is 22.9 Å². The molecule has 5 nitrogen and oxygen atoms in total. The van der Waals surface area contributed by atoms with E-state index in [1.54, 1.807) is 6.07 Å². The Bertz CT molecular complexity index is 1090. The fourth-order valence-corrected chi connectivity index (χ4v) is 3.71. The minimum atomic E-state index is -0.160. The van der Waals surface area contributed by atoms with Crippen molar-refractivity contribution in [3.05, 3.63) is 51.7 Å². The van der Waals surface area contributed by atoms with Crippen molar-refractivity contribution in [1.82, 2.24) is 19.9 Å². The van der Waals surface area contributed by atoms with E-state index in [0.717, 1.165) is 21.5 Å². The van der Waals surface area contributed by atoms with Crippen LogP contribution < -0.4 is 5.56 Å². The zero-order valence-corrected chi connectivity index (χ0v) is 13.0. The first-order valence-corrected chi connectivity index (χ1v) is 7.74. The van der Waals surface area contributed by atoms with E-state index in [2.05, 4.69) is 19.9 Å². The largest absolute Gasteiger partial charge is 0.312 e. The number of thiophene rings is 1. The first-order chi connectivity index (χ1) is 10.6. The summed E-state index contributed by atoms with van der Waals surface area (Å²) in [4.78, 5) is 28.6. The summed E-state index contributed by atoms with van der Waals surface area (Å²) < 4.78 is 0.561. The first-order valence-electron chi connectivity index (χ1n) is 6.54. The van der Waals surface area contributed by atoms with Crippen molar-refractivity contribution in [3.8, 4) is 11.4 Å². The Balaban J connectivity index is 2.10. The van der Waals surface area contributed by atoms with Crippen LogP contribution in [0, 0.1) is 6.92 Å². The lowest BCUT2D eigenvalue weighted by atomic mass is 10.2. The highest BCUT2D eigenvalue weighted by molar-refractivity contribution is 7.25. The molecule has 3 heterocycles. The minimum Gasteiger partial charge on any atom is -0.312 e. The molecule has 0 saturated carbocycles. The molecule has 0 aliphatic rings. The first kappa shape index (κ1) is 13.4. The lowest BCUT2D eigenvalue weighted by Gasteiger charge is -2.04. The normalized spacial score (nSPS) is 11.4. The van der Waals surface area contributed by atoms with Gasteiger partial charge in [0.05, 0.1) is 27.9 Å². The molecular formula is C15H9ClN4OS. The molecule has 0 bridgehead atoms. The van der Waals surface area contributed by atoms with E-state index in [9.17, 15) is 4.79 Å². The molecule has 3 aromatic heterocycles. The Morgan fingerprint density at radius 1 is 1.23 bits per heavy atom. The topological polar surface area (TPSA) is 71.5 Å². The fourth-order valence-electron chi connectivity index (χ4n) is 2.41. The van der Waals surface area contributed by atoms with Gasteiger partial charge in [0.2, 0.25) is 0 Å². The highest BCUT2D eigenvalue weighted by atomic mass is 35.5. The molecule has 108 valence electrons. The number of fused-ring (bicyclic) bond motifs is 3. The summed E-state index contributed by atoms with van der Waals surface area (Å²) in [6, 6.07) is 7.43. The predicted octanol–water partition coefficient (Wildman–Crippen LogP) is 3.56. The van der Waals surface area contributed by atoms with Crippen molar-refractivity contribution in [3.63, 3.8) is 0 Å². The molecule has 0 fully saturated rings. The van der Waals surface area contributed by atoms with Gasteiger partial charge >= 0.3 is 0 Å². The molecule has 1 aromatic carbocycles. The van der Waals surface area contributed by atoms with Crippen LogP contribution in [0.5, 0.6) is 0 Å². The molecule has 0 radical (unpaired) electrons. The van der Waals surface area contributed by atoms with Gasteiger partial charge in [0.15, 0.2) is 5.82 Å². The van der Waals surface area contributed by atoms with Crippen LogP contribution in [0.3, 0.4) is 0 Å². The molecular weight excluding hydrogens is 320 g/mol. The molecule has 0 spiro atoms. The maximum Gasteiger partial charge on any atom is 0.268 e. The number of hydrogen-bond acceptors (Lipinski definition) is 5. The van der Waals surface area contributed by atoms with E-state index >= 15 is 0 Å². The molecule has 4 aromatic rings. The minimum absolute atomic E-state index is 0.160. The summed E-state index contributed by atoms with van der Waals surface area (Å²) in [5.41, 5.74) is 2.04. The number of aryl methyl sites for hydroxylation is 1. The van der Waals surface area contributed by atoms with E-state index in [1.165, 1.54) is 17.7 Å². The monoisotopic (exact) mass is 328 g/mol. The molecule has 1 N–H and O–H groups in total. The number of rotatable bonds is 1. The Morgan fingerprint density at radius 2 is 2.05 bits per heavy atom. The molecule has 7 heteroatoms. The number of nitrogens with zero attached hydrogens (tertiary/aromatic N) is 3. The molecule has 0 unspecified atom stereocenters. The third kappa shape index (κ3) is 1.92. The molecule has 0 amide bonds.